The lowest BCUT2D eigenvalue weighted by Crippen LogP contribution is -2.25. The third-order valence-corrected chi connectivity index (χ3v) is 6.46. The van der Waals surface area contributed by atoms with Crippen LogP contribution in [-0.2, 0) is 9.59 Å². The van der Waals surface area contributed by atoms with Crippen LogP contribution in [0.3, 0.4) is 0 Å². The third kappa shape index (κ3) is 14.0. The minimum absolute atomic E-state index is 0.0233. The van der Waals surface area contributed by atoms with E-state index in [-0.39, 0.29) is 11.8 Å². The number of hydrogen-bond donors (Lipinski definition) is 2. The lowest BCUT2D eigenvalue weighted by atomic mass is 10.1. The largest absolute Gasteiger partial charge is 0.492 e. The Bertz CT molecular complexity index is 913. The Hall–Kier alpha value is -1.86. The van der Waals surface area contributed by atoms with Crippen LogP contribution in [0.4, 0.5) is 0 Å². The van der Waals surface area contributed by atoms with Crippen molar-refractivity contribution < 1.29 is 19.1 Å². The molecule has 0 radical (unpaired) electrons. The zero-order chi connectivity index (χ0) is 26.9. The van der Waals surface area contributed by atoms with Crippen LogP contribution in [0.25, 0.3) is 0 Å². The second-order valence-corrected chi connectivity index (χ2v) is 10.2. The summed E-state index contributed by atoms with van der Waals surface area (Å²) in [6.07, 6.45) is 7.06. The van der Waals surface area contributed by atoms with Gasteiger partial charge < -0.3 is 20.1 Å². The maximum absolute atomic E-state index is 11.9. The van der Waals surface area contributed by atoms with Crippen molar-refractivity contribution >= 4 is 58.2 Å². The number of hydrogen-bond acceptors (Lipinski definition) is 4. The fourth-order valence-electron chi connectivity index (χ4n) is 3.43. The van der Waals surface area contributed by atoms with Gasteiger partial charge in [-0.15, -0.1) is 0 Å². The number of rotatable bonds is 18. The fourth-order valence-corrected chi connectivity index (χ4v) is 4.35. The van der Waals surface area contributed by atoms with Gasteiger partial charge in [-0.1, -0.05) is 65.7 Å². The zero-order valence-corrected chi connectivity index (χ0v) is 23.8. The highest BCUT2D eigenvalue weighted by Crippen LogP contribution is 2.28. The van der Waals surface area contributed by atoms with E-state index in [1.54, 1.807) is 36.4 Å². The smallest absolute Gasteiger partial charge is 0.220 e. The summed E-state index contributed by atoms with van der Waals surface area (Å²) in [5.41, 5.74) is 0. The van der Waals surface area contributed by atoms with E-state index in [1.165, 1.54) is 0 Å². The summed E-state index contributed by atoms with van der Waals surface area (Å²) in [4.78, 5) is 23.9. The Morgan fingerprint density at radius 3 is 1.41 bits per heavy atom. The first-order valence-corrected chi connectivity index (χ1v) is 14.1. The second kappa shape index (κ2) is 18.4. The highest BCUT2D eigenvalue weighted by molar-refractivity contribution is 6.36. The van der Waals surface area contributed by atoms with Gasteiger partial charge in [0.15, 0.2) is 0 Å². The van der Waals surface area contributed by atoms with Crippen LogP contribution in [0.1, 0.15) is 57.8 Å². The van der Waals surface area contributed by atoms with Gasteiger partial charge in [-0.3, -0.25) is 9.59 Å². The van der Waals surface area contributed by atoms with E-state index in [0.29, 0.717) is 83.6 Å². The van der Waals surface area contributed by atoms with Gasteiger partial charge in [0.2, 0.25) is 11.8 Å². The van der Waals surface area contributed by atoms with Crippen molar-refractivity contribution in [3.05, 3.63) is 56.5 Å². The summed E-state index contributed by atoms with van der Waals surface area (Å²) in [6.45, 7) is 2.17. The molecule has 2 N–H and O–H groups in total. The quantitative estimate of drug-likeness (QED) is 0.176. The molecule has 2 aromatic rings. The molecule has 2 aromatic carbocycles. The number of halogens is 4. The van der Waals surface area contributed by atoms with Crippen molar-refractivity contribution in [1.82, 2.24) is 10.6 Å². The summed E-state index contributed by atoms with van der Waals surface area (Å²) in [6, 6.07) is 10.1. The van der Waals surface area contributed by atoms with Crippen molar-refractivity contribution in [2.75, 3.05) is 26.3 Å². The molecule has 2 rings (SSSR count). The lowest BCUT2D eigenvalue weighted by Gasteiger charge is -2.09. The average molecular weight is 592 g/mol. The molecular weight excluding hydrogens is 558 g/mol. The molecule has 0 fully saturated rings. The molecule has 0 saturated carbocycles. The molecule has 0 aliphatic heterocycles. The lowest BCUT2D eigenvalue weighted by molar-refractivity contribution is -0.122. The molecule has 10 heteroatoms. The van der Waals surface area contributed by atoms with Crippen LogP contribution in [0.2, 0.25) is 20.1 Å². The number of ether oxygens (including phenoxy) is 2. The molecule has 0 unspecified atom stereocenters. The highest BCUT2D eigenvalue weighted by Gasteiger charge is 2.06. The molecule has 0 aliphatic rings. The van der Waals surface area contributed by atoms with Gasteiger partial charge in [0.25, 0.3) is 0 Å². The summed E-state index contributed by atoms with van der Waals surface area (Å²) in [5, 5.41) is 7.91. The number of carbonyl (C=O) groups excluding carboxylic acids is 2. The van der Waals surface area contributed by atoms with Crippen molar-refractivity contribution in [3.63, 3.8) is 0 Å². The molecule has 0 aliphatic carbocycles. The normalized spacial score (nSPS) is 10.7. The van der Waals surface area contributed by atoms with Crippen molar-refractivity contribution in [1.29, 1.82) is 0 Å². The summed E-state index contributed by atoms with van der Waals surface area (Å²) < 4.78 is 11.2. The van der Waals surface area contributed by atoms with Gasteiger partial charge in [0, 0.05) is 36.0 Å². The topological polar surface area (TPSA) is 76.7 Å². The second-order valence-electron chi connectivity index (χ2n) is 8.52. The highest BCUT2D eigenvalue weighted by atomic mass is 35.5. The van der Waals surface area contributed by atoms with E-state index in [4.69, 9.17) is 55.9 Å². The molecule has 0 spiro atoms. The Labute approximate surface area is 239 Å². The minimum Gasteiger partial charge on any atom is -0.492 e. The maximum atomic E-state index is 11.9. The van der Waals surface area contributed by atoms with Gasteiger partial charge in [-0.25, -0.2) is 0 Å². The number of unbranched alkanes of at least 4 members (excludes halogenated alkanes) is 4. The predicted octanol–water partition coefficient (Wildman–Crippen LogP) is 7.50. The molecule has 0 saturated heterocycles. The van der Waals surface area contributed by atoms with E-state index >= 15 is 0 Å². The number of amides is 2. The van der Waals surface area contributed by atoms with Gasteiger partial charge in [0.05, 0.1) is 23.3 Å². The molecule has 204 valence electrons. The first kappa shape index (κ1) is 31.4. The molecular formula is C27H34Cl4N2O4. The van der Waals surface area contributed by atoms with Crippen molar-refractivity contribution in [3.8, 4) is 11.5 Å². The average Bonchev–Trinajstić information content (AvgIpc) is 2.85. The van der Waals surface area contributed by atoms with Crippen LogP contribution in [0.5, 0.6) is 11.5 Å². The maximum Gasteiger partial charge on any atom is 0.220 e. The molecule has 2 amide bonds. The Morgan fingerprint density at radius 1 is 0.595 bits per heavy atom. The summed E-state index contributed by atoms with van der Waals surface area (Å²) in [5.74, 6) is 1.18. The van der Waals surface area contributed by atoms with E-state index < -0.39 is 0 Å². The predicted molar refractivity (Wildman–Crippen MR) is 151 cm³/mol. The summed E-state index contributed by atoms with van der Waals surface area (Å²) >= 11 is 23.8. The van der Waals surface area contributed by atoms with Gasteiger partial charge in [0.1, 0.15) is 11.5 Å². The van der Waals surface area contributed by atoms with Crippen LogP contribution < -0.4 is 20.1 Å². The van der Waals surface area contributed by atoms with Gasteiger partial charge in [-0.2, -0.15) is 0 Å². The van der Waals surface area contributed by atoms with Crippen molar-refractivity contribution in [2.24, 2.45) is 0 Å². The standard InChI is InChI=1S/C27H34Cl4N2O4/c28-20-10-12-24(22(30)18-20)36-16-6-8-26(34)32-14-4-2-1-3-5-15-33-27(35)9-7-17-37-25-13-11-21(29)19-23(25)31/h10-13,18-19H,1-9,14-17H2,(H,32,34)(H,33,35). The molecule has 0 aromatic heterocycles. The van der Waals surface area contributed by atoms with Crippen LogP contribution in [0, 0.1) is 0 Å². The monoisotopic (exact) mass is 590 g/mol. The number of nitrogens with one attached hydrogen (secondary N) is 2. The Kier molecular flexibility index (Phi) is 15.6. The van der Waals surface area contributed by atoms with E-state index in [9.17, 15) is 9.59 Å². The Balaban J connectivity index is 1.36. The van der Waals surface area contributed by atoms with E-state index in [1.807, 2.05) is 0 Å². The van der Waals surface area contributed by atoms with E-state index in [2.05, 4.69) is 10.6 Å². The first-order valence-electron chi connectivity index (χ1n) is 12.5. The number of benzene rings is 2. The van der Waals surface area contributed by atoms with E-state index in [0.717, 1.165) is 32.1 Å². The first-order chi connectivity index (χ1) is 17.8. The molecule has 0 atom stereocenters. The number of carbonyl (C=O) groups is 2. The third-order valence-electron chi connectivity index (χ3n) is 5.40. The molecule has 0 bridgehead atoms. The minimum atomic E-state index is 0.0233. The van der Waals surface area contributed by atoms with Crippen LogP contribution in [0.15, 0.2) is 36.4 Å². The van der Waals surface area contributed by atoms with Crippen LogP contribution >= 0.6 is 46.4 Å². The Morgan fingerprint density at radius 2 is 1.00 bits per heavy atom. The van der Waals surface area contributed by atoms with Gasteiger partial charge >= 0.3 is 0 Å². The van der Waals surface area contributed by atoms with Crippen LogP contribution in [-0.4, -0.2) is 38.1 Å². The molecule has 37 heavy (non-hydrogen) atoms. The summed E-state index contributed by atoms with van der Waals surface area (Å²) in [7, 11) is 0. The SMILES string of the molecule is O=C(CCCOc1ccc(Cl)cc1Cl)NCCCCCCCNC(=O)CCCOc1ccc(Cl)cc1Cl. The van der Waals surface area contributed by atoms with Crippen molar-refractivity contribution in [2.45, 2.75) is 57.8 Å². The molecule has 6 nitrogen and oxygen atoms in total. The zero-order valence-electron chi connectivity index (χ0n) is 20.8. The molecule has 0 heterocycles. The fraction of sp³-hybridized carbons (Fsp3) is 0.481. The van der Waals surface area contributed by atoms with Gasteiger partial charge in [-0.05, 0) is 62.1 Å².